The Bertz CT molecular complexity index is 838. The fourth-order valence-corrected chi connectivity index (χ4v) is 4.25. The van der Waals surface area contributed by atoms with Crippen LogP contribution in [0.25, 0.3) is 0 Å². The second-order valence-corrected chi connectivity index (χ2v) is 9.37. The predicted octanol–water partition coefficient (Wildman–Crippen LogP) is 3.08. The van der Waals surface area contributed by atoms with Crippen molar-refractivity contribution in [2.24, 2.45) is 0 Å². The van der Waals surface area contributed by atoms with Crippen molar-refractivity contribution in [3.63, 3.8) is 0 Å². The van der Waals surface area contributed by atoms with Gasteiger partial charge in [-0.05, 0) is 37.6 Å². The summed E-state index contributed by atoms with van der Waals surface area (Å²) >= 11 is 0. The van der Waals surface area contributed by atoms with E-state index in [1.165, 1.54) is 4.31 Å². The zero-order chi connectivity index (χ0) is 18.2. The van der Waals surface area contributed by atoms with Crippen LogP contribution in [-0.2, 0) is 15.4 Å². The van der Waals surface area contributed by atoms with Crippen LogP contribution < -0.4 is 9.62 Å². The first kappa shape index (κ1) is 17.7. The van der Waals surface area contributed by atoms with E-state index in [-0.39, 0.29) is 17.2 Å². The first-order valence-corrected chi connectivity index (χ1v) is 9.99. The highest BCUT2D eigenvalue weighted by molar-refractivity contribution is 7.93. The third kappa shape index (κ3) is 3.78. The maximum absolute atomic E-state index is 12.0. The molecule has 2 heterocycles. The van der Waals surface area contributed by atoms with Crippen LogP contribution >= 0.6 is 0 Å². The van der Waals surface area contributed by atoms with Crippen LogP contribution in [0.1, 0.15) is 51.9 Å². The molecular formula is C17H24N4O3S. The van der Waals surface area contributed by atoms with Crippen LogP contribution in [0.3, 0.4) is 0 Å². The maximum Gasteiger partial charge on any atom is 0.248 e. The minimum Gasteiger partial charge on any atom is -0.374 e. The van der Waals surface area contributed by atoms with Gasteiger partial charge in [-0.15, -0.1) is 0 Å². The molecule has 3 rings (SSSR count). The van der Waals surface area contributed by atoms with Gasteiger partial charge in [0, 0.05) is 17.6 Å². The lowest BCUT2D eigenvalue weighted by molar-refractivity contribution is 0.354. The topological polar surface area (TPSA) is 88.3 Å². The van der Waals surface area contributed by atoms with E-state index in [1.54, 1.807) is 0 Å². The Labute approximate surface area is 148 Å². The van der Waals surface area contributed by atoms with Crippen molar-refractivity contribution < 1.29 is 12.9 Å². The number of sulfonamides is 1. The van der Waals surface area contributed by atoms with Gasteiger partial charge >= 0.3 is 0 Å². The van der Waals surface area contributed by atoms with E-state index in [0.29, 0.717) is 30.4 Å². The Morgan fingerprint density at radius 2 is 1.92 bits per heavy atom. The van der Waals surface area contributed by atoms with E-state index in [1.807, 2.05) is 52.0 Å². The highest BCUT2D eigenvalue weighted by Gasteiger charge is 2.28. The van der Waals surface area contributed by atoms with Gasteiger partial charge in [0.15, 0.2) is 5.82 Å². The van der Waals surface area contributed by atoms with Gasteiger partial charge in [0.25, 0.3) is 0 Å². The van der Waals surface area contributed by atoms with Gasteiger partial charge in [0.2, 0.25) is 15.9 Å². The van der Waals surface area contributed by atoms with Gasteiger partial charge in [-0.2, -0.15) is 4.98 Å². The summed E-state index contributed by atoms with van der Waals surface area (Å²) in [4.78, 5) is 4.45. The molecule has 1 aromatic heterocycles. The van der Waals surface area contributed by atoms with E-state index in [9.17, 15) is 8.42 Å². The summed E-state index contributed by atoms with van der Waals surface area (Å²) in [7, 11) is -3.15. The molecule has 1 saturated heterocycles. The third-order valence-corrected chi connectivity index (χ3v) is 5.99. The summed E-state index contributed by atoms with van der Waals surface area (Å²) in [5.41, 5.74) is 1.40. The SMILES string of the molecule is C[C@H](Nc1ccc(N2CCCS2(=O)=O)cc1)c1nc(C(C)(C)C)no1. The molecule has 0 aliphatic carbocycles. The zero-order valence-electron chi connectivity index (χ0n) is 15.0. The quantitative estimate of drug-likeness (QED) is 0.897. The first-order valence-electron chi connectivity index (χ1n) is 8.38. The number of hydrogen-bond acceptors (Lipinski definition) is 6. The van der Waals surface area contributed by atoms with Crippen LogP contribution in [0.4, 0.5) is 11.4 Å². The van der Waals surface area contributed by atoms with Gasteiger partial charge in [-0.3, -0.25) is 4.31 Å². The largest absolute Gasteiger partial charge is 0.374 e. The highest BCUT2D eigenvalue weighted by Crippen LogP contribution is 2.27. The Hall–Kier alpha value is -2.09. The van der Waals surface area contributed by atoms with Gasteiger partial charge in [0.05, 0.1) is 11.4 Å². The van der Waals surface area contributed by atoms with Gasteiger partial charge < -0.3 is 9.84 Å². The molecule has 25 heavy (non-hydrogen) atoms. The van der Waals surface area contributed by atoms with Crippen LogP contribution in [0.15, 0.2) is 28.8 Å². The van der Waals surface area contributed by atoms with E-state index >= 15 is 0 Å². The molecule has 2 aromatic rings. The van der Waals surface area contributed by atoms with E-state index in [4.69, 9.17) is 4.52 Å². The molecule has 0 saturated carbocycles. The molecule has 1 atom stereocenters. The highest BCUT2D eigenvalue weighted by atomic mass is 32.2. The minimum absolute atomic E-state index is 0.148. The van der Waals surface area contributed by atoms with Crippen molar-refractivity contribution in [3.8, 4) is 0 Å². The Balaban J connectivity index is 1.70. The van der Waals surface area contributed by atoms with E-state index < -0.39 is 10.0 Å². The standard InChI is InChI=1S/C17H24N4O3S/c1-12(15-19-16(20-24-15)17(2,3)4)18-13-6-8-14(9-7-13)21-10-5-11-25(21,22)23/h6-9,12,18H,5,10-11H2,1-4H3/t12-/m0/s1. The number of hydrogen-bond donors (Lipinski definition) is 1. The number of rotatable bonds is 4. The minimum atomic E-state index is -3.15. The van der Waals surface area contributed by atoms with Crippen molar-refractivity contribution in [1.29, 1.82) is 0 Å². The van der Waals surface area contributed by atoms with Crippen molar-refractivity contribution in [2.45, 2.75) is 45.6 Å². The fraction of sp³-hybridized carbons (Fsp3) is 0.529. The lowest BCUT2D eigenvalue weighted by Gasteiger charge is -2.18. The van der Waals surface area contributed by atoms with E-state index in [2.05, 4.69) is 15.5 Å². The summed E-state index contributed by atoms with van der Waals surface area (Å²) in [5, 5.41) is 7.33. The average molecular weight is 364 g/mol. The molecule has 1 aliphatic heterocycles. The molecule has 1 fully saturated rings. The molecule has 0 unspecified atom stereocenters. The Morgan fingerprint density at radius 3 is 2.44 bits per heavy atom. The maximum atomic E-state index is 12.0. The predicted molar refractivity (Wildman–Crippen MR) is 97.2 cm³/mol. The van der Waals surface area contributed by atoms with Crippen LogP contribution in [0.2, 0.25) is 0 Å². The molecule has 1 aromatic carbocycles. The molecule has 136 valence electrons. The normalized spacial score (nSPS) is 18.3. The number of aromatic nitrogens is 2. The molecule has 7 nitrogen and oxygen atoms in total. The molecule has 0 amide bonds. The molecule has 0 spiro atoms. The first-order chi connectivity index (χ1) is 11.7. The number of anilines is 2. The third-order valence-electron chi connectivity index (χ3n) is 4.12. The summed E-state index contributed by atoms with van der Waals surface area (Å²) in [5.74, 6) is 1.42. The molecule has 0 radical (unpaired) electrons. The zero-order valence-corrected chi connectivity index (χ0v) is 15.8. The molecule has 8 heteroatoms. The second kappa shape index (κ2) is 6.33. The molecule has 1 N–H and O–H groups in total. The van der Waals surface area contributed by atoms with Gasteiger partial charge in [-0.25, -0.2) is 8.42 Å². The summed E-state index contributed by atoms with van der Waals surface area (Å²) < 4.78 is 30.8. The summed E-state index contributed by atoms with van der Waals surface area (Å²) in [6.07, 6.45) is 0.673. The van der Waals surface area contributed by atoms with Crippen molar-refractivity contribution in [2.75, 3.05) is 21.9 Å². The Kier molecular flexibility index (Phi) is 4.49. The molecule has 0 bridgehead atoms. The smallest absolute Gasteiger partial charge is 0.248 e. The fourth-order valence-electron chi connectivity index (χ4n) is 2.68. The van der Waals surface area contributed by atoms with Crippen molar-refractivity contribution in [3.05, 3.63) is 36.0 Å². The van der Waals surface area contributed by atoms with Crippen molar-refractivity contribution >= 4 is 21.4 Å². The summed E-state index contributed by atoms with van der Waals surface area (Å²) in [6, 6.07) is 7.20. The lowest BCUT2D eigenvalue weighted by Crippen LogP contribution is -2.24. The van der Waals surface area contributed by atoms with E-state index in [0.717, 1.165) is 5.69 Å². The number of benzene rings is 1. The lowest BCUT2D eigenvalue weighted by atomic mass is 9.96. The van der Waals surface area contributed by atoms with Gasteiger partial charge in [0.1, 0.15) is 6.04 Å². The second-order valence-electron chi connectivity index (χ2n) is 7.36. The monoisotopic (exact) mass is 364 g/mol. The van der Waals surface area contributed by atoms with Crippen LogP contribution in [-0.4, -0.2) is 30.9 Å². The number of nitrogens with zero attached hydrogens (tertiary/aromatic N) is 3. The van der Waals surface area contributed by atoms with Crippen LogP contribution in [0, 0.1) is 0 Å². The molecular weight excluding hydrogens is 340 g/mol. The van der Waals surface area contributed by atoms with Crippen molar-refractivity contribution in [1.82, 2.24) is 10.1 Å². The average Bonchev–Trinajstić information content (AvgIpc) is 3.14. The van der Waals surface area contributed by atoms with Crippen LogP contribution in [0.5, 0.6) is 0 Å². The number of nitrogens with one attached hydrogen (secondary N) is 1. The Morgan fingerprint density at radius 1 is 1.24 bits per heavy atom. The molecule has 1 aliphatic rings. The summed E-state index contributed by atoms with van der Waals surface area (Å²) in [6.45, 7) is 8.59. The van der Waals surface area contributed by atoms with Gasteiger partial charge in [-0.1, -0.05) is 25.9 Å².